The molecule has 1 amide bonds. The number of rotatable bonds is 5. The summed E-state index contributed by atoms with van der Waals surface area (Å²) < 4.78 is 0. The molecule has 1 aliphatic carbocycles. The van der Waals surface area contributed by atoms with E-state index in [-0.39, 0.29) is 12.5 Å². The van der Waals surface area contributed by atoms with Crippen LogP contribution >= 0.6 is 12.2 Å². The van der Waals surface area contributed by atoms with E-state index >= 15 is 0 Å². The predicted octanol–water partition coefficient (Wildman–Crippen LogP) is 1.86. The highest BCUT2D eigenvalue weighted by Gasteiger charge is 2.24. The molecule has 1 aromatic carbocycles. The zero-order valence-electron chi connectivity index (χ0n) is 11.8. The van der Waals surface area contributed by atoms with Gasteiger partial charge in [0.25, 0.3) is 0 Å². The van der Waals surface area contributed by atoms with E-state index in [1.54, 1.807) is 0 Å². The average molecular weight is 291 g/mol. The van der Waals surface area contributed by atoms with E-state index in [1.165, 1.54) is 12.8 Å². The van der Waals surface area contributed by atoms with Crippen LogP contribution in [0.3, 0.4) is 0 Å². The van der Waals surface area contributed by atoms with Crippen LogP contribution < -0.4 is 16.4 Å². The Morgan fingerprint density at radius 2 is 2.00 bits per heavy atom. The van der Waals surface area contributed by atoms with E-state index in [1.807, 2.05) is 25.1 Å². The Hall–Kier alpha value is -1.62. The molecule has 0 atom stereocenters. The molecule has 0 aromatic heterocycles. The highest BCUT2D eigenvalue weighted by Crippen LogP contribution is 2.29. The summed E-state index contributed by atoms with van der Waals surface area (Å²) in [5.74, 6) is -0.298. The van der Waals surface area contributed by atoms with Gasteiger partial charge in [0.2, 0.25) is 5.91 Å². The number of anilines is 1. The molecule has 20 heavy (non-hydrogen) atoms. The van der Waals surface area contributed by atoms with Gasteiger partial charge >= 0.3 is 0 Å². The van der Waals surface area contributed by atoms with Crippen molar-refractivity contribution >= 4 is 28.8 Å². The second kappa shape index (κ2) is 6.22. The lowest BCUT2D eigenvalue weighted by Crippen LogP contribution is -2.40. The Kier molecular flexibility index (Phi) is 4.60. The van der Waals surface area contributed by atoms with Crippen LogP contribution in [0.2, 0.25) is 0 Å². The number of amides is 1. The van der Waals surface area contributed by atoms with Gasteiger partial charge in [-0.3, -0.25) is 4.79 Å². The normalized spacial score (nSPS) is 15.2. The fourth-order valence-electron chi connectivity index (χ4n) is 2.92. The predicted molar refractivity (Wildman–Crippen MR) is 85.9 cm³/mol. The summed E-state index contributed by atoms with van der Waals surface area (Å²) in [5, 5.41) is 0. The number of carbonyl (C=O) groups is 1. The van der Waals surface area contributed by atoms with Crippen molar-refractivity contribution in [2.45, 2.75) is 38.6 Å². The molecule has 5 heteroatoms. The number of primary amides is 1. The third-order valence-electron chi connectivity index (χ3n) is 3.90. The SMILES string of the molecule is Cc1cc(N(CC(N)=O)C2CCCC2)ccc1C(N)=S. The molecule has 0 aliphatic heterocycles. The van der Waals surface area contributed by atoms with E-state index in [0.29, 0.717) is 11.0 Å². The highest BCUT2D eigenvalue weighted by molar-refractivity contribution is 7.80. The van der Waals surface area contributed by atoms with Gasteiger partial charge in [0.05, 0.1) is 6.54 Å². The van der Waals surface area contributed by atoms with Gasteiger partial charge in [-0.25, -0.2) is 0 Å². The zero-order chi connectivity index (χ0) is 14.7. The van der Waals surface area contributed by atoms with Crippen molar-refractivity contribution in [1.82, 2.24) is 0 Å². The van der Waals surface area contributed by atoms with Crippen LogP contribution in [-0.2, 0) is 4.79 Å². The molecule has 0 saturated heterocycles. The van der Waals surface area contributed by atoms with Gasteiger partial charge in [-0.05, 0) is 43.5 Å². The van der Waals surface area contributed by atoms with Crippen LogP contribution in [0.25, 0.3) is 0 Å². The number of carbonyl (C=O) groups excluding carboxylic acids is 1. The molecular weight excluding hydrogens is 270 g/mol. The maximum Gasteiger partial charge on any atom is 0.236 e. The van der Waals surface area contributed by atoms with Crippen molar-refractivity contribution in [3.63, 3.8) is 0 Å². The molecule has 2 rings (SSSR count). The minimum Gasteiger partial charge on any atom is -0.389 e. The first-order valence-corrected chi connectivity index (χ1v) is 7.35. The van der Waals surface area contributed by atoms with E-state index in [4.69, 9.17) is 23.7 Å². The number of aryl methyl sites for hydroxylation is 1. The fourth-order valence-corrected chi connectivity index (χ4v) is 3.15. The first-order chi connectivity index (χ1) is 9.49. The van der Waals surface area contributed by atoms with E-state index in [0.717, 1.165) is 29.7 Å². The molecule has 0 heterocycles. The molecule has 4 N–H and O–H groups in total. The van der Waals surface area contributed by atoms with Gasteiger partial charge in [0, 0.05) is 17.3 Å². The van der Waals surface area contributed by atoms with Gasteiger partial charge in [-0.1, -0.05) is 25.1 Å². The molecule has 4 nitrogen and oxygen atoms in total. The van der Waals surface area contributed by atoms with Crippen molar-refractivity contribution in [2.75, 3.05) is 11.4 Å². The zero-order valence-corrected chi connectivity index (χ0v) is 12.6. The number of nitrogens with two attached hydrogens (primary N) is 2. The highest BCUT2D eigenvalue weighted by atomic mass is 32.1. The van der Waals surface area contributed by atoms with E-state index in [9.17, 15) is 4.79 Å². The molecule has 0 spiro atoms. The van der Waals surface area contributed by atoms with Crippen LogP contribution in [0, 0.1) is 6.92 Å². The number of hydrogen-bond acceptors (Lipinski definition) is 3. The lowest BCUT2D eigenvalue weighted by Gasteiger charge is -2.30. The molecule has 1 aromatic rings. The number of nitrogens with zero attached hydrogens (tertiary/aromatic N) is 1. The minimum atomic E-state index is -0.298. The van der Waals surface area contributed by atoms with Crippen LogP contribution in [-0.4, -0.2) is 23.5 Å². The Labute approximate surface area is 125 Å². The van der Waals surface area contributed by atoms with Crippen molar-refractivity contribution in [2.24, 2.45) is 11.5 Å². The summed E-state index contributed by atoms with van der Waals surface area (Å²) in [4.78, 5) is 13.9. The second-order valence-corrected chi connectivity index (χ2v) is 5.84. The first-order valence-electron chi connectivity index (χ1n) is 6.94. The van der Waals surface area contributed by atoms with Crippen LogP contribution in [0.15, 0.2) is 18.2 Å². The molecule has 0 bridgehead atoms. The van der Waals surface area contributed by atoms with Crippen LogP contribution in [0.1, 0.15) is 36.8 Å². The maximum atomic E-state index is 11.3. The summed E-state index contributed by atoms with van der Waals surface area (Å²) in [7, 11) is 0. The third kappa shape index (κ3) is 3.28. The third-order valence-corrected chi connectivity index (χ3v) is 4.12. The number of benzene rings is 1. The largest absolute Gasteiger partial charge is 0.389 e. The van der Waals surface area contributed by atoms with Gasteiger partial charge < -0.3 is 16.4 Å². The minimum absolute atomic E-state index is 0.260. The summed E-state index contributed by atoms with van der Waals surface area (Å²) >= 11 is 5.03. The van der Waals surface area contributed by atoms with Gasteiger partial charge in [0.1, 0.15) is 4.99 Å². The fraction of sp³-hybridized carbons (Fsp3) is 0.467. The molecular formula is C15H21N3OS. The summed E-state index contributed by atoms with van der Waals surface area (Å²) in [6.07, 6.45) is 4.65. The number of hydrogen-bond donors (Lipinski definition) is 2. The monoisotopic (exact) mass is 291 g/mol. The van der Waals surface area contributed by atoms with Crippen molar-refractivity contribution < 1.29 is 4.79 Å². The molecule has 1 aliphatic rings. The van der Waals surface area contributed by atoms with Gasteiger partial charge in [-0.2, -0.15) is 0 Å². The Balaban J connectivity index is 2.30. The Morgan fingerprint density at radius 1 is 1.35 bits per heavy atom. The van der Waals surface area contributed by atoms with E-state index < -0.39 is 0 Å². The molecule has 0 radical (unpaired) electrons. The van der Waals surface area contributed by atoms with Crippen LogP contribution in [0.4, 0.5) is 5.69 Å². The second-order valence-electron chi connectivity index (χ2n) is 5.40. The Morgan fingerprint density at radius 3 is 2.50 bits per heavy atom. The van der Waals surface area contributed by atoms with Crippen LogP contribution in [0.5, 0.6) is 0 Å². The molecule has 1 saturated carbocycles. The Bertz CT molecular complexity index is 524. The van der Waals surface area contributed by atoms with Crippen molar-refractivity contribution in [3.8, 4) is 0 Å². The van der Waals surface area contributed by atoms with Gasteiger partial charge in [0.15, 0.2) is 0 Å². The molecule has 1 fully saturated rings. The van der Waals surface area contributed by atoms with Gasteiger partial charge in [-0.15, -0.1) is 0 Å². The molecule has 0 unspecified atom stereocenters. The summed E-state index contributed by atoms with van der Waals surface area (Å²) in [6, 6.07) is 6.34. The lowest BCUT2D eigenvalue weighted by molar-refractivity contribution is -0.116. The first kappa shape index (κ1) is 14.8. The summed E-state index contributed by atoms with van der Waals surface area (Å²) in [6.45, 7) is 2.24. The quantitative estimate of drug-likeness (QED) is 0.812. The smallest absolute Gasteiger partial charge is 0.236 e. The van der Waals surface area contributed by atoms with E-state index in [2.05, 4.69) is 4.90 Å². The topological polar surface area (TPSA) is 72.3 Å². The summed E-state index contributed by atoms with van der Waals surface area (Å²) in [5.41, 5.74) is 14.0. The molecule has 108 valence electrons. The average Bonchev–Trinajstić information content (AvgIpc) is 2.88. The standard InChI is InChI=1S/C15H21N3OS/c1-10-8-12(6-7-13(10)15(17)20)18(9-14(16)19)11-4-2-3-5-11/h6-8,11H,2-5,9H2,1H3,(H2,16,19)(H2,17,20). The lowest BCUT2D eigenvalue weighted by atomic mass is 10.1. The maximum absolute atomic E-state index is 11.3. The number of thiocarbonyl (C=S) groups is 1. The van der Waals surface area contributed by atoms with Crippen molar-refractivity contribution in [3.05, 3.63) is 29.3 Å². The van der Waals surface area contributed by atoms with Crippen molar-refractivity contribution in [1.29, 1.82) is 0 Å².